The number of alkyl halides is 6. The van der Waals surface area contributed by atoms with Crippen LogP contribution in [0, 0.1) is 0 Å². The molecule has 0 atom stereocenters. The Labute approximate surface area is 67.1 Å². The minimum atomic E-state index is -5.19. The van der Waals surface area contributed by atoms with Crippen molar-refractivity contribution in [3.8, 4) is 0 Å². The summed E-state index contributed by atoms with van der Waals surface area (Å²) in [5, 5.41) is 4.56. The summed E-state index contributed by atoms with van der Waals surface area (Å²) in [5.74, 6) is 0. The summed E-state index contributed by atoms with van der Waals surface area (Å²) < 4.78 is 70.6. The summed E-state index contributed by atoms with van der Waals surface area (Å²) in [5.41, 5.74) is -1.97. The van der Waals surface area contributed by atoms with E-state index < -0.39 is 23.7 Å². The van der Waals surface area contributed by atoms with Crippen molar-refractivity contribution in [2.45, 2.75) is 12.4 Å². The molecule has 0 saturated heterocycles. The molecular weight excluding hydrogens is 204 g/mol. The molecule has 3 nitrogen and oxygen atoms in total. The van der Waals surface area contributed by atoms with Gasteiger partial charge in [0.1, 0.15) is 0 Å². The average Bonchev–Trinajstić information content (AvgIpc) is 2.27. The minimum absolute atomic E-state index is 2.11. The van der Waals surface area contributed by atoms with Gasteiger partial charge >= 0.3 is 12.4 Å². The zero-order valence-corrected chi connectivity index (χ0v) is 5.61. The van der Waals surface area contributed by atoms with Crippen molar-refractivity contribution in [1.82, 2.24) is 5.43 Å². The van der Waals surface area contributed by atoms with Crippen LogP contribution >= 0.6 is 0 Å². The van der Waals surface area contributed by atoms with Crippen LogP contribution in [0.15, 0.2) is 21.7 Å². The van der Waals surface area contributed by atoms with Crippen LogP contribution in [-0.2, 0) is 0 Å². The topological polar surface area (TPSA) is 38.8 Å². The van der Waals surface area contributed by atoms with Crippen molar-refractivity contribution in [3.63, 3.8) is 0 Å². The van der Waals surface area contributed by atoms with E-state index in [1.165, 1.54) is 0 Å². The highest BCUT2D eigenvalue weighted by Crippen LogP contribution is 2.38. The van der Waals surface area contributed by atoms with Crippen molar-refractivity contribution in [3.05, 3.63) is 11.4 Å². The first-order valence-electron chi connectivity index (χ1n) is 2.73. The van der Waals surface area contributed by atoms with Gasteiger partial charge in [-0.1, -0.05) is 0 Å². The fourth-order valence-corrected chi connectivity index (χ4v) is 0.588. The normalized spacial score (nSPS) is 18.0. The van der Waals surface area contributed by atoms with E-state index in [0.29, 0.717) is 0 Å². The Bertz CT molecular complexity index is 271. The van der Waals surface area contributed by atoms with Crippen LogP contribution in [0.1, 0.15) is 0 Å². The molecule has 0 spiro atoms. The SMILES string of the molecule is FC(F)(F)C1=C(C(F)(F)F)N=N[N]1. The van der Waals surface area contributed by atoms with Gasteiger partial charge in [-0.3, -0.25) is 0 Å². The van der Waals surface area contributed by atoms with E-state index >= 15 is 0 Å². The molecule has 0 bridgehead atoms. The number of rotatable bonds is 0. The van der Waals surface area contributed by atoms with Crippen molar-refractivity contribution >= 4 is 0 Å². The van der Waals surface area contributed by atoms with E-state index in [0.717, 1.165) is 0 Å². The summed E-state index contributed by atoms with van der Waals surface area (Å²) in [6.45, 7) is 0. The standard InChI is InChI=1S/C4F6N3/c5-3(6,7)1-2(4(8,9)10)12-13-11-1. The molecule has 1 rings (SSSR count). The second kappa shape index (κ2) is 2.60. The molecule has 0 aliphatic carbocycles. The number of hydrogen-bond acceptors (Lipinski definition) is 2. The van der Waals surface area contributed by atoms with Gasteiger partial charge in [0, 0.05) is 0 Å². The van der Waals surface area contributed by atoms with E-state index in [2.05, 4.69) is 15.8 Å². The lowest BCUT2D eigenvalue weighted by Crippen LogP contribution is -2.22. The van der Waals surface area contributed by atoms with Crippen LogP contribution in [0.25, 0.3) is 0 Å². The molecule has 1 aliphatic heterocycles. The Kier molecular flexibility index (Phi) is 1.96. The molecule has 1 radical (unpaired) electrons. The molecule has 73 valence electrons. The van der Waals surface area contributed by atoms with Crippen molar-refractivity contribution in [1.29, 1.82) is 0 Å². The van der Waals surface area contributed by atoms with Crippen LogP contribution in [-0.4, -0.2) is 12.4 Å². The highest BCUT2D eigenvalue weighted by atomic mass is 19.4. The number of allylic oxidation sites excluding steroid dienone is 2. The van der Waals surface area contributed by atoms with E-state index in [1.54, 1.807) is 0 Å². The molecule has 0 saturated carbocycles. The summed E-state index contributed by atoms with van der Waals surface area (Å²) >= 11 is 0. The van der Waals surface area contributed by atoms with Gasteiger partial charge in [-0.15, -0.1) is 10.5 Å². The smallest absolute Gasteiger partial charge is 0.164 e. The summed E-state index contributed by atoms with van der Waals surface area (Å²) in [6.07, 6.45) is -10.4. The maximum absolute atomic E-state index is 11.8. The van der Waals surface area contributed by atoms with E-state index in [-0.39, 0.29) is 0 Å². The maximum atomic E-state index is 11.8. The van der Waals surface area contributed by atoms with Gasteiger partial charge in [-0.05, 0) is 5.22 Å². The Hall–Kier alpha value is -1.28. The van der Waals surface area contributed by atoms with Crippen LogP contribution in [0.5, 0.6) is 0 Å². The summed E-state index contributed by atoms with van der Waals surface area (Å²) in [7, 11) is 0. The number of hydrogen-bond donors (Lipinski definition) is 0. The van der Waals surface area contributed by atoms with Gasteiger partial charge < -0.3 is 0 Å². The highest BCUT2D eigenvalue weighted by Gasteiger charge is 2.50. The molecule has 9 heteroatoms. The Balaban J connectivity index is 3.10. The quantitative estimate of drug-likeness (QED) is 0.543. The zero-order chi connectivity index (χ0) is 10.3. The van der Waals surface area contributed by atoms with Crippen LogP contribution < -0.4 is 5.43 Å². The van der Waals surface area contributed by atoms with Gasteiger partial charge in [0.2, 0.25) is 11.4 Å². The highest BCUT2D eigenvalue weighted by molar-refractivity contribution is 5.21. The first-order valence-corrected chi connectivity index (χ1v) is 2.73. The maximum Gasteiger partial charge on any atom is 0.437 e. The molecule has 0 N–H and O–H groups in total. The third kappa shape index (κ3) is 1.90. The van der Waals surface area contributed by atoms with Gasteiger partial charge in [-0.2, -0.15) is 26.3 Å². The van der Waals surface area contributed by atoms with E-state index in [9.17, 15) is 26.3 Å². The molecule has 0 aromatic carbocycles. The lowest BCUT2D eigenvalue weighted by molar-refractivity contribution is -0.117. The second-order valence-electron chi connectivity index (χ2n) is 1.98. The molecule has 13 heavy (non-hydrogen) atoms. The van der Waals surface area contributed by atoms with Crippen LogP contribution in [0.3, 0.4) is 0 Å². The van der Waals surface area contributed by atoms with E-state index in [1.807, 2.05) is 0 Å². The Morgan fingerprint density at radius 2 is 1.23 bits per heavy atom. The third-order valence-electron chi connectivity index (χ3n) is 1.05. The summed E-state index contributed by atoms with van der Waals surface area (Å²) in [4.78, 5) is 0. The molecule has 1 aliphatic rings. The molecule has 1 heterocycles. The van der Waals surface area contributed by atoms with Gasteiger partial charge in [0.05, 0.1) is 0 Å². The molecule has 0 aromatic heterocycles. The van der Waals surface area contributed by atoms with Crippen molar-refractivity contribution in [2.24, 2.45) is 10.3 Å². The van der Waals surface area contributed by atoms with E-state index in [4.69, 9.17) is 0 Å². The van der Waals surface area contributed by atoms with Gasteiger partial charge in [0.15, 0.2) is 0 Å². The molecule has 0 unspecified atom stereocenters. The molecular formula is C4F6N3. The summed E-state index contributed by atoms with van der Waals surface area (Å²) in [6, 6.07) is 0. The first-order chi connectivity index (χ1) is 5.73. The largest absolute Gasteiger partial charge is 0.437 e. The van der Waals surface area contributed by atoms with Crippen molar-refractivity contribution in [2.75, 3.05) is 0 Å². The molecule has 0 fully saturated rings. The lowest BCUT2D eigenvalue weighted by Gasteiger charge is -2.08. The van der Waals surface area contributed by atoms with Crippen molar-refractivity contribution < 1.29 is 26.3 Å². The molecule has 0 aromatic rings. The van der Waals surface area contributed by atoms with Gasteiger partial charge in [0.25, 0.3) is 0 Å². The zero-order valence-electron chi connectivity index (χ0n) is 5.61. The minimum Gasteiger partial charge on any atom is -0.164 e. The predicted molar refractivity (Wildman–Crippen MR) is 26.1 cm³/mol. The average molecular weight is 204 g/mol. The lowest BCUT2D eigenvalue weighted by atomic mass is 10.3. The number of halogens is 6. The predicted octanol–water partition coefficient (Wildman–Crippen LogP) is 2.31. The van der Waals surface area contributed by atoms with Gasteiger partial charge in [-0.25, -0.2) is 0 Å². The second-order valence-corrected chi connectivity index (χ2v) is 1.98. The fraction of sp³-hybridized carbons (Fsp3) is 0.500. The number of nitrogens with zero attached hydrogens (tertiary/aromatic N) is 3. The van der Waals surface area contributed by atoms with Crippen LogP contribution in [0.4, 0.5) is 26.3 Å². The third-order valence-corrected chi connectivity index (χ3v) is 1.05. The Morgan fingerprint density at radius 3 is 1.54 bits per heavy atom. The first kappa shape index (κ1) is 9.81. The molecule has 0 amide bonds. The van der Waals surface area contributed by atoms with Crippen LogP contribution in [0.2, 0.25) is 0 Å². The Morgan fingerprint density at radius 1 is 0.769 bits per heavy atom. The monoisotopic (exact) mass is 204 g/mol. The fourth-order valence-electron chi connectivity index (χ4n) is 0.588.